The zero-order valence-electron chi connectivity index (χ0n) is 9.03. The summed E-state index contributed by atoms with van der Waals surface area (Å²) < 4.78 is 0. The molecule has 1 atom stereocenters. The number of likely N-dealkylation sites (tertiary alicyclic amines) is 1. The second kappa shape index (κ2) is 5.53. The van der Waals surface area contributed by atoms with Crippen LogP contribution in [0.4, 0.5) is 0 Å². The minimum atomic E-state index is 0.173. The first-order valence-electron chi connectivity index (χ1n) is 5.77. The first-order valence-corrected chi connectivity index (χ1v) is 6.21. The fourth-order valence-electron chi connectivity index (χ4n) is 2.13. The summed E-state index contributed by atoms with van der Waals surface area (Å²) >= 11 is 6.36. The maximum absolute atomic E-state index is 6.36. The Morgan fingerprint density at radius 1 is 1.13 bits per heavy atom. The van der Waals surface area contributed by atoms with Crippen molar-refractivity contribution in [2.45, 2.75) is 24.6 Å². The molecular formula is C13H18ClN. The Labute approximate surface area is 97.0 Å². The van der Waals surface area contributed by atoms with E-state index < -0.39 is 0 Å². The third-order valence-corrected chi connectivity index (χ3v) is 3.53. The van der Waals surface area contributed by atoms with Crippen molar-refractivity contribution in [3.8, 4) is 0 Å². The summed E-state index contributed by atoms with van der Waals surface area (Å²) in [5.74, 6) is 0. The third-order valence-electron chi connectivity index (χ3n) is 3.06. The van der Waals surface area contributed by atoms with E-state index in [9.17, 15) is 0 Å². The Hall–Kier alpha value is -0.530. The van der Waals surface area contributed by atoms with E-state index in [0.717, 1.165) is 13.0 Å². The van der Waals surface area contributed by atoms with Crippen molar-refractivity contribution in [1.29, 1.82) is 0 Å². The van der Waals surface area contributed by atoms with Crippen LogP contribution in [-0.4, -0.2) is 24.5 Å². The van der Waals surface area contributed by atoms with Gasteiger partial charge >= 0.3 is 0 Å². The Morgan fingerprint density at radius 2 is 1.80 bits per heavy atom. The number of nitrogens with zero attached hydrogens (tertiary/aromatic N) is 1. The van der Waals surface area contributed by atoms with E-state index in [1.807, 2.05) is 6.07 Å². The van der Waals surface area contributed by atoms with Gasteiger partial charge in [-0.3, -0.25) is 0 Å². The fraction of sp³-hybridized carbons (Fsp3) is 0.538. The van der Waals surface area contributed by atoms with Gasteiger partial charge in [-0.25, -0.2) is 0 Å². The van der Waals surface area contributed by atoms with Gasteiger partial charge in [0.25, 0.3) is 0 Å². The SMILES string of the molecule is ClC(CCN1CCCC1)c1ccccc1. The van der Waals surface area contributed by atoms with Gasteiger partial charge in [0.15, 0.2) is 0 Å². The molecule has 0 radical (unpaired) electrons. The summed E-state index contributed by atoms with van der Waals surface area (Å²) in [5.41, 5.74) is 1.25. The van der Waals surface area contributed by atoms with Gasteiger partial charge in [-0.2, -0.15) is 0 Å². The maximum atomic E-state index is 6.36. The molecule has 0 amide bonds. The van der Waals surface area contributed by atoms with E-state index in [-0.39, 0.29) is 5.38 Å². The van der Waals surface area contributed by atoms with E-state index in [0.29, 0.717) is 0 Å². The highest BCUT2D eigenvalue weighted by Crippen LogP contribution is 2.24. The number of hydrogen-bond donors (Lipinski definition) is 0. The van der Waals surface area contributed by atoms with Gasteiger partial charge in [-0.15, -0.1) is 11.6 Å². The minimum absolute atomic E-state index is 0.173. The van der Waals surface area contributed by atoms with Gasteiger partial charge in [0.1, 0.15) is 0 Å². The molecule has 1 heterocycles. The summed E-state index contributed by atoms with van der Waals surface area (Å²) in [5, 5.41) is 0.173. The molecule has 82 valence electrons. The van der Waals surface area contributed by atoms with E-state index >= 15 is 0 Å². The van der Waals surface area contributed by atoms with Gasteiger partial charge in [-0.05, 0) is 44.5 Å². The molecule has 1 aliphatic rings. The lowest BCUT2D eigenvalue weighted by molar-refractivity contribution is 0.332. The second-order valence-electron chi connectivity index (χ2n) is 4.22. The zero-order valence-corrected chi connectivity index (χ0v) is 9.79. The highest BCUT2D eigenvalue weighted by Gasteiger charge is 2.14. The summed E-state index contributed by atoms with van der Waals surface area (Å²) in [4.78, 5) is 2.51. The van der Waals surface area contributed by atoms with Gasteiger partial charge in [-0.1, -0.05) is 30.3 Å². The standard InChI is InChI=1S/C13H18ClN/c14-13(12-6-2-1-3-7-12)8-11-15-9-4-5-10-15/h1-3,6-7,13H,4-5,8-11H2. The van der Waals surface area contributed by atoms with Crippen molar-refractivity contribution in [1.82, 2.24) is 4.90 Å². The molecule has 0 N–H and O–H groups in total. The van der Waals surface area contributed by atoms with E-state index in [2.05, 4.69) is 29.2 Å². The van der Waals surface area contributed by atoms with Crippen LogP contribution in [0.3, 0.4) is 0 Å². The molecule has 0 spiro atoms. The van der Waals surface area contributed by atoms with Crippen LogP contribution in [0, 0.1) is 0 Å². The molecule has 1 aliphatic heterocycles. The fourth-order valence-corrected chi connectivity index (χ4v) is 2.37. The Morgan fingerprint density at radius 3 is 2.47 bits per heavy atom. The Kier molecular flexibility index (Phi) is 4.04. The number of rotatable bonds is 4. The average Bonchev–Trinajstić information content (AvgIpc) is 2.80. The summed E-state index contributed by atoms with van der Waals surface area (Å²) in [6.45, 7) is 3.67. The van der Waals surface area contributed by atoms with E-state index in [4.69, 9.17) is 11.6 Å². The first-order chi connectivity index (χ1) is 7.36. The molecule has 0 bridgehead atoms. The predicted octanol–water partition coefficient (Wildman–Crippen LogP) is 3.45. The molecule has 1 unspecified atom stereocenters. The average molecular weight is 224 g/mol. The number of hydrogen-bond acceptors (Lipinski definition) is 1. The molecule has 0 saturated carbocycles. The van der Waals surface area contributed by atoms with Crippen LogP contribution in [0.2, 0.25) is 0 Å². The van der Waals surface area contributed by atoms with Crippen molar-refractivity contribution in [3.63, 3.8) is 0 Å². The highest BCUT2D eigenvalue weighted by atomic mass is 35.5. The van der Waals surface area contributed by atoms with Crippen LogP contribution in [0.1, 0.15) is 30.2 Å². The molecule has 1 aromatic rings. The molecule has 1 fully saturated rings. The molecule has 1 saturated heterocycles. The monoisotopic (exact) mass is 223 g/mol. The molecule has 0 aromatic heterocycles. The Balaban J connectivity index is 1.79. The third kappa shape index (κ3) is 3.22. The topological polar surface area (TPSA) is 3.24 Å². The highest BCUT2D eigenvalue weighted by molar-refractivity contribution is 6.20. The minimum Gasteiger partial charge on any atom is -0.303 e. The normalized spacial score (nSPS) is 19.3. The summed E-state index contributed by atoms with van der Waals surface area (Å²) in [7, 11) is 0. The number of halogens is 1. The number of alkyl halides is 1. The Bertz CT molecular complexity index is 280. The summed E-state index contributed by atoms with van der Waals surface area (Å²) in [6, 6.07) is 10.4. The molecule has 1 nitrogen and oxygen atoms in total. The van der Waals surface area contributed by atoms with Crippen molar-refractivity contribution in [2.75, 3.05) is 19.6 Å². The number of benzene rings is 1. The van der Waals surface area contributed by atoms with Crippen molar-refractivity contribution < 1.29 is 0 Å². The van der Waals surface area contributed by atoms with Crippen LogP contribution in [0.25, 0.3) is 0 Å². The molecule has 1 aromatic carbocycles. The summed E-state index contributed by atoms with van der Waals surface area (Å²) in [6.07, 6.45) is 3.78. The van der Waals surface area contributed by atoms with Crippen molar-refractivity contribution >= 4 is 11.6 Å². The van der Waals surface area contributed by atoms with Crippen LogP contribution in [0.5, 0.6) is 0 Å². The van der Waals surface area contributed by atoms with Gasteiger partial charge < -0.3 is 4.90 Å². The lowest BCUT2D eigenvalue weighted by Gasteiger charge is -2.17. The van der Waals surface area contributed by atoms with Crippen LogP contribution in [-0.2, 0) is 0 Å². The van der Waals surface area contributed by atoms with Crippen LogP contribution >= 0.6 is 11.6 Å². The van der Waals surface area contributed by atoms with Crippen molar-refractivity contribution in [3.05, 3.63) is 35.9 Å². The van der Waals surface area contributed by atoms with E-state index in [1.165, 1.54) is 31.5 Å². The van der Waals surface area contributed by atoms with Crippen molar-refractivity contribution in [2.24, 2.45) is 0 Å². The van der Waals surface area contributed by atoms with Gasteiger partial charge in [0, 0.05) is 0 Å². The van der Waals surface area contributed by atoms with Gasteiger partial charge in [0.05, 0.1) is 5.38 Å². The molecular weight excluding hydrogens is 206 g/mol. The van der Waals surface area contributed by atoms with E-state index in [1.54, 1.807) is 0 Å². The molecule has 2 rings (SSSR count). The second-order valence-corrected chi connectivity index (χ2v) is 4.74. The quantitative estimate of drug-likeness (QED) is 0.707. The molecule has 15 heavy (non-hydrogen) atoms. The largest absolute Gasteiger partial charge is 0.303 e. The predicted molar refractivity (Wildman–Crippen MR) is 65.3 cm³/mol. The maximum Gasteiger partial charge on any atom is 0.0597 e. The lowest BCUT2D eigenvalue weighted by Crippen LogP contribution is -2.21. The molecule has 0 aliphatic carbocycles. The molecule has 2 heteroatoms. The smallest absolute Gasteiger partial charge is 0.0597 e. The van der Waals surface area contributed by atoms with Crippen LogP contribution in [0.15, 0.2) is 30.3 Å². The van der Waals surface area contributed by atoms with Gasteiger partial charge in [0.2, 0.25) is 0 Å². The lowest BCUT2D eigenvalue weighted by atomic mass is 10.1. The zero-order chi connectivity index (χ0) is 10.5. The van der Waals surface area contributed by atoms with Crippen LogP contribution < -0.4 is 0 Å². The first kappa shape index (κ1) is 11.0.